The first-order chi connectivity index (χ1) is 11.5. The van der Waals surface area contributed by atoms with E-state index in [1.807, 2.05) is 12.1 Å². The zero-order valence-corrected chi connectivity index (χ0v) is 14.2. The van der Waals surface area contributed by atoms with Gasteiger partial charge in [0.1, 0.15) is 11.5 Å². The predicted octanol–water partition coefficient (Wildman–Crippen LogP) is 1.83. The number of primary amides is 1. The molecule has 1 aromatic carbocycles. The van der Waals surface area contributed by atoms with Crippen LogP contribution < -0.4 is 15.2 Å². The fourth-order valence-corrected chi connectivity index (χ4v) is 2.88. The molecule has 1 saturated heterocycles. The molecule has 0 atom stereocenters. The topological polar surface area (TPSA) is 81.9 Å². The molecule has 1 aliphatic heterocycles. The number of carbonyl (C=O) groups is 2. The van der Waals surface area contributed by atoms with Crippen molar-refractivity contribution in [2.24, 2.45) is 11.7 Å². The molecule has 2 rings (SSSR count). The van der Waals surface area contributed by atoms with E-state index in [4.69, 9.17) is 15.2 Å². The zero-order valence-electron chi connectivity index (χ0n) is 14.2. The largest absolute Gasteiger partial charge is 0.497 e. The van der Waals surface area contributed by atoms with Crippen LogP contribution in [-0.2, 0) is 9.59 Å². The fraction of sp³-hybridized carbons (Fsp3) is 0.444. The lowest BCUT2D eigenvalue weighted by molar-refractivity contribution is -0.127. The van der Waals surface area contributed by atoms with Crippen molar-refractivity contribution in [2.75, 3.05) is 27.3 Å². The number of ether oxygens (including phenoxy) is 2. The van der Waals surface area contributed by atoms with Crippen molar-refractivity contribution >= 4 is 17.9 Å². The molecule has 0 bridgehead atoms. The normalized spacial score (nSPS) is 15.5. The molecular formula is C18H24N2O4. The molecule has 130 valence electrons. The molecule has 0 unspecified atom stereocenters. The fourth-order valence-electron chi connectivity index (χ4n) is 2.88. The van der Waals surface area contributed by atoms with Gasteiger partial charge in [-0.15, -0.1) is 0 Å². The molecule has 24 heavy (non-hydrogen) atoms. The van der Waals surface area contributed by atoms with Crippen molar-refractivity contribution in [1.82, 2.24) is 4.90 Å². The van der Waals surface area contributed by atoms with E-state index in [2.05, 4.69) is 0 Å². The molecule has 0 aliphatic carbocycles. The van der Waals surface area contributed by atoms with Crippen LogP contribution in [0.3, 0.4) is 0 Å². The van der Waals surface area contributed by atoms with Crippen LogP contribution in [0.5, 0.6) is 11.5 Å². The van der Waals surface area contributed by atoms with Crippen molar-refractivity contribution in [2.45, 2.75) is 19.3 Å². The Hall–Kier alpha value is -2.50. The van der Waals surface area contributed by atoms with E-state index in [1.54, 1.807) is 37.3 Å². The summed E-state index contributed by atoms with van der Waals surface area (Å²) in [4.78, 5) is 25.1. The molecule has 0 spiro atoms. The number of rotatable bonds is 6. The first kappa shape index (κ1) is 17.8. The maximum atomic E-state index is 12.3. The van der Waals surface area contributed by atoms with Gasteiger partial charge in [0.2, 0.25) is 11.8 Å². The highest BCUT2D eigenvalue weighted by Crippen LogP contribution is 2.25. The second-order valence-electron chi connectivity index (χ2n) is 5.88. The summed E-state index contributed by atoms with van der Waals surface area (Å²) in [6.45, 7) is 1.30. The van der Waals surface area contributed by atoms with Crippen molar-refractivity contribution in [3.05, 3.63) is 29.8 Å². The lowest BCUT2D eigenvalue weighted by Gasteiger charge is -2.30. The summed E-state index contributed by atoms with van der Waals surface area (Å²) in [5.41, 5.74) is 6.01. The number of benzene rings is 1. The molecule has 6 nitrogen and oxygen atoms in total. The third-order valence-corrected chi connectivity index (χ3v) is 4.26. The van der Waals surface area contributed by atoms with Crippen LogP contribution in [0, 0.1) is 5.92 Å². The Morgan fingerprint density at radius 2 is 1.96 bits per heavy atom. The minimum atomic E-state index is -0.273. The van der Waals surface area contributed by atoms with Crippen LogP contribution in [0.4, 0.5) is 0 Å². The number of hydrogen-bond donors (Lipinski definition) is 1. The smallest absolute Gasteiger partial charge is 0.246 e. The van der Waals surface area contributed by atoms with Gasteiger partial charge in [-0.05, 0) is 43.0 Å². The van der Waals surface area contributed by atoms with E-state index in [9.17, 15) is 9.59 Å². The molecule has 0 saturated carbocycles. The SMILES string of the molecule is COc1ccc(OC)c(/C=C\C(=O)N2CCC(CC(N)=O)CC2)c1. The van der Waals surface area contributed by atoms with Gasteiger partial charge in [-0.2, -0.15) is 0 Å². The van der Waals surface area contributed by atoms with Crippen LogP contribution in [0.1, 0.15) is 24.8 Å². The van der Waals surface area contributed by atoms with Gasteiger partial charge in [-0.3, -0.25) is 9.59 Å². The number of piperidine rings is 1. The maximum absolute atomic E-state index is 12.3. The predicted molar refractivity (Wildman–Crippen MR) is 91.7 cm³/mol. The summed E-state index contributed by atoms with van der Waals surface area (Å²) in [5, 5.41) is 0. The highest BCUT2D eigenvalue weighted by molar-refractivity contribution is 5.92. The first-order valence-electron chi connectivity index (χ1n) is 8.00. The second-order valence-corrected chi connectivity index (χ2v) is 5.88. The Balaban J connectivity index is 1.97. The van der Waals surface area contributed by atoms with Crippen LogP contribution in [0.25, 0.3) is 6.08 Å². The van der Waals surface area contributed by atoms with Gasteiger partial charge in [-0.1, -0.05) is 0 Å². The van der Waals surface area contributed by atoms with Gasteiger partial charge >= 0.3 is 0 Å². The van der Waals surface area contributed by atoms with E-state index < -0.39 is 0 Å². The summed E-state index contributed by atoms with van der Waals surface area (Å²) in [7, 11) is 3.18. The molecule has 2 amide bonds. The van der Waals surface area contributed by atoms with Crippen LogP contribution in [0.15, 0.2) is 24.3 Å². The molecule has 6 heteroatoms. The Morgan fingerprint density at radius 1 is 1.25 bits per heavy atom. The summed E-state index contributed by atoms with van der Waals surface area (Å²) in [6, 6.07) is 5.43. The average Bonchev–Trinajstić information content (AvgIpc) is 2.59. The van der Waals surface area contributed by atoms with E-state index >= 15 is 0 Å². The van der Waals surface area contributed by atoms with Gasteiger partial charge in [0.15, 0.2) is 0 Å². The number of nitrogens with two attached hydrogens (primary N) is 1. The van der Waals surface area contributed by atoms with Gasteiger partial charge in [-0.25, -0.2) is 0 Å². The number of amides is 2. The minimum absolute atomic E-state index is 0.0441. The first-order valence-corrected chi connectivity index (χ1v) is 8.00. The van der Waals surface area contributed by atoms with E-state index in [1.165, 1.54) is 0 Å². The Morgan fingerprint density at radius 3 is 2.54 bits per heavy atom. The quantitative estimate of drug-likeness (QED) is 0.806. The van der Waals surface area contributed by atoms with Gasteiger partial charge in [0.25, 0.3) is 0 Å². The number of methoxy groups -OCH3 is 2. The van der Waals surface area contributed by atoms with Crippen LogP contribution in [-0.4, -0.2) is 44.0 Å². The summed E-state index contributed by atoms with van der Waals surface area (Å²) in [6.07, 6.45) is 5.31. The Bertz CT molecular complexity index is 619. The van der Waals surface area contributed by atoms with Crippen molar-refractivity contribution in [3.63, 3.8) is 0 Å². The van der Waals surface area contributed by atoms with E-state index in [0.717, 1.165) is 18.4 Å². The summed E-state index contributed by atoms with van der Waals surface area (Å²) >= 11 is 0. The number of hydrogen-bond acceptors (Lipinski definition) is 4. The van der Waals surface area contributed by atoms with E-state index in [0.29, 0.717) is 31.0 Å². The lowest BCUT2D eigenvalue weighted by Crippen LogP contribution is -2.38. The van der Waals surface area contributed by atoms with Crippen LogP contribution in [0.2, 0.25) is 0 Å². The standard InChI is InChI=1S/C18H24N2O4/c1-23-15-4-5-16(24-2)14(12-15)3-6-18(22)20-9-7-13(8-10-20)11-17(19)21/h3-6,12-13H,7-11H2,1-2H3,(H2,19,21)/b6-3-. The van der Waals surface area contributed by atoms with Gasteiger partial charge < -0.3 is 20.1 Å². The summed E-state index contributed by atoms with van der Waals surface area (Å²) < 4.78 is 10.5. The van der Waals surface area contributed by atoms with Crippen molar-refractivity contribution in [3.8, 4) is 11.5 Å². The highest BCUT2D eigenvalue weighted by Gasteiger charge is 2.22. The minimum Gasteiger partial charge on any atom is -0.497 e. The zero-order chi connectivity index (χ0) is 17.5. The molecule has 2 N–H and O–H groups in total. The molecule has 0 radical (unpaired) electrons. The lowest BCUT2D eigenvalue weighted by atomic mass is 9.93. The third-order valence-electron chi connectivity index (χ3n) is 4.26. The molecule has 0 aromatic heterocycles. The molecule has 1 heterocycles. The average molecular weight is 332 g/mol. The van der Waals surface area contributed by atoms with E-state index in [-0.39, 0.29) is 17.7 Å². The van der Waals surface area contributed by atoms with Crippen molar-refractivity contribution in [1.29, 1.82) is 0 Å². The Kier molecular flexibility index (Phi) is 6.23. The third kappa shape index (κ3) is 4.75. The molecular weight excluding hydrogens is 308 g/mol. The Labute approximate surface area is 142 Å². The number of likely N-dealkylation sites (tertiary alicyclic amines) is 1. The number of nitrogens with zero attached hydrogens (tertiary/aromatic N) is 1. The highest BCUT2D eigenvalue weighted by atomic mass is 16.5. The second kappa shape index (κ2) is 8.38. The molecule has 1 aromatic rings. The molecule has 1 aliphatic rings. The molecule has 1 fully saturated rings. The monoisotopic (exact) mass is 332 g/mol. The number of carbonyl (C=O) groups excluding carboxylic acids is 2. The van der Waals surface area contributed by atoms with Gasteiger partial charge in [0.05, 0.1) is 14.2 Å². The summed E-state index contributed by atoms with van der Waals surface area (Å²) in [5.74, 6) is 1.35. The van der Waals surface area contributed by atoms with Gasteiger partial charge in [0, 0.05) is 31.1 Å². The van der Waals surface area contributed by atoms with Crippen molar-refractivity contribution < 1.29 is 19.1 Å². The van der Waals surface area contributed by atoms with Crippen LogP contribution >= 0.6 is 0 Å². The maximum Gasteiger partial charge on any atom is 0.246 e.